The SMILES string of the molecule is COc1ccc(CC2=N/C(=C/c3ccc(OC)c(OC)c3)C(=O)O2)cc1. The molecule has 2 aromatic carbocycles. The van der Waals surface area contributed by atoms with Crippen LogP contribution in [0.25, 0.3) is 6.08 Å². The number of rotatable bonds is 6. The molecule has 1 aliphatic heterocycles. The lowest BCUT2D eigenvalue weighted by Gasteiger charge is -2.07. The van der Waals surface area contributed by atoms with E-state index in [1.54, 1.807) is 39.5 Å². The average molecular weight is 353 g/mol. The summed E-state index contributed by atoms with van der Waals surface area (Å²) in [5, 5.41) is 0. The van der Waals surface area contributed by atoms with Crippen LogP contribution in [0.5, 0.6) is 17.2 Å². The number of carbonyl (C=O) groups is 1. The van der Waals surface area contributed by atoms with Gasteiger partial charge in [0.05, 0.1) is 21.3 Å². The van der Waals surface area contributed by atoms with Crippen LogP contribution in [0.2, 0.25) is 0 Å². The molecule has 0 spiro atoms. The minimum absolute atomic E-state index is 0.251. The molecule has 3 rings (SSSR count). The number of ether oxygens (including phenoxy) is 4. The van der Waals surface area contributed by atoms with E-state index in [0.29, 0.717) is 23.8 Å². The first-order valence-electron chi connectivity index (χ1n) is 7.99. The second-order valence-corrected chi connectivity index (χ2v) is 5.56. The molecule has 1 heterocycles. The Morgan fingerprint density at radius 2 is 1.69 bits per heavy atom. The van der Waals surface area contributed by atoms with Gasteiger partial charge in [-0.1, -0.05) is 18.2 Å². The Labute approximate surface area is 151 Å². The van der Waals surface area contributed by atoms with E-state index in [4.69, 9.17) is 18.9 Å². The third-order valence-corrected chi connectivity index (χ3v) is 3.89. The number of nitrogens with zero attached hydrogens (tertiary/aromatic N) is 1. The Hall–Kier alpha value is -3.28. The first-order valence-corrected chi connectivity index (χ1v) is 7.99. The Morgan fingerprint density at radius 1 is 0.962 bits per heavy atom. The summed E-state index contributed by atoms with van der Waals surface area (Å²) in [6, 6.07) is 12.9. The van der Waals surface area contributed by atoms with E-state index in [1.807, 2.05) is 30.3 Å². The standard InChI is InChI=1S/C20H19NO5/c1-23-15-7-4-13(5-8-15)12-19-21-16(20(22)26-19)10-14-6-9-17(24-2)18(11-14)25-3/h4-11H,12H2,1-3H3/b16-10+. The number of cyclic esters (lactones) is 1. The van der Waals surface area contributed by atoms with Crippen LogP contribution in [0.1, 0.15) is 11.1 Å². The van der Waals surface area contributed by atoms with Crippen LogP contribution < -0.4 is 14.2 Å². The molecule has 0 unspecified atom stereocenters. The number of hydrogen-bond acceptors (Lipinski definition) is 6. The minimum atomic E-state index is -0.469. The van der Waals surface area contributed by atoms with Gasteiger partial charge in [0.25, 0.3) is 0 Å². The van der Waals surface area contributed by atoms with E-state index in [-0.39, 0.29) is 5.70 Å². The summed E-state index contributed by atoms with van der Waals surface area (Å²) in [5.74, 6) is 1.87. The van der Waals surface area contributed by atoms with Crippen molar-refractivity contribution in [2.75, 3.05) is 21.3 Å². The van der Waals surface area contributed by atoms with Gasteiger partial charge in [-0.05, 0) is 41.5 Å². The Kier molecular flexibility index (Phi) is 5.22. The molecule has 0 radical (unpaired) electrons. The first-order chi connectivity index (χ1) is 12.6. The van der Waals surface area contributed by atoms with Crippen LogP contribution in [0.15, 0.2) is 53.2 Å². The highest BCUT2D eigenvalue weighted by molar-refractivity contribution is 6.07. The molecular weight excluding hydrogens is 334 g/mol. The lowest BCUT2D eigenvalue weighted by atomic mass is 10.1. The topological polar surface area (TPSA) is 66.3 Å². The van der Waals surface area contributed by atoms with Crippen molar-refractivity contribution in [1.82, 2.24) is 0 Å². The van der Waals surface area contributed by atoms with Gasteiger partial charge in [-0.2, -0.15) is 0 Å². The molecular formula is C20H19NO5. The predicted octanol–water partition coefficient (Wildman–Crippen LogP) is 3.25. The molecule has 6 heteroatoms. The third-order valence-electron chi connectivity index (χ3n) is 3.89. The fraction of sp³-hybridized carbons (Fsp3) is 0.200. The van der Waals surface area contributed by atoms with Crippen molar-refractivity contribution < 1.29 is 23.7 Å². The quantitative estimate of drug-likeness (QED) is 0.589. The predicted molar refractivity (Wildman–Crippen MR) is 97.7 cm³/mol. The minimum Gasteiger partial charge on any atom is -0.497 e. The van der Waals surface area contributed by atoms with E-state index in [0.717, 1.165) is 16.9 Å². The van der Waals surface area contributed by atoms with Crippen molar-refractivity contribution >= 4 is 17.9 Å². The van der Waals surface area contributed by atoms with Crippen LogP contribution in [0, 0.1) is 0 Å². The van der Waals surface area contributed by atoms with E-state index in [1.165, 1.54) is 0 Å². The summed E-state index contributed by atoms with van der Waals surface area (Å²) in [6.45, 7) is 0. The molecule has 0 N–H and O–H groups in total. The highest BCUT2D eigenvalue weighted by Gasteiger charge is 2.23. The molecule has 0 saturated heterocycles. The van der Waals surface area contributed by atoms with Crippen LogP contribution >= 0.6 is 0 Å². The zero-order valence-corrected chi connectivity index (χ0v) is 14.8. The molecule has 0 aromatic heterocycles. The molecule has 0 saturated carbocycles. The molecule has 6 nitrogen and oxygen atoms in total. The number of esters is 1. The maximum Gasteiger partial charge on any atom is 0.363 e. The summed E-state index contributed by atoms with van der Waals surface area (Å²) in [5.41, 5.74) is 1.99. The lowest BCUT2D eigenvalue weighted by molar-refractivity contribution is -0.130. The normalized spacial score (nSPS) is 14.8. The molecule has 26 heavy (non-hydrogen) atoms. The van der Waals surface area contributed by atoms with E-state index in [2.05, 4.69) is 4.99 Å². The highest BCUT2D eigenvalue weighted by Crippen LogP contribution is 2.29. The number of benzene rings is 2. The van der Waals surface area contributed by atoms with Crippen molar-refractivity contribution in [3.63, 3.8) is 0 Å². The summed E-state index contributed by atoms with van der Waals surface area (Å²) in [7, 11) is 4.74. The molecule has 0 aliphatic carbocycles. The zero-order valence-electron chi connectivity index (χ0n) is 14.8. The molecule has 134 valence electrons. The molecule has 0 atom stereocenters. The largest absolute Gasteiger partial charge is 0.497 e. The second kappa shape index (κ2) is 7.74. The molecule has 0 fully saturated rings. The van der Waals surface area contributed by atoms with Gasteiger partial charge in [0.1, 0.15) is 5.75 Å². The van der Waals surface area contributed by atoms with Crippen molar-refractivity contribution in [1.29, 1.82) is 0 Å². The fourth-order valence-corrected chi connectivity index (χ4v) is 2.55. The van der Waals surface area contributed by atoms with Gasteiger partial charge in [-0.25, -0.2) is 9.79 Å². The van der Waals surface area contributed by atoms with Gasteiger partial charge in [0.2, 0.25) is 5.90 Å². The second-order valence-electron chi connectivity index (χ2n) is 5.56. The number of methoxy groups -OCH3 is 3. The summed E-state index contributed by atoms with van der Waals surface area (Å²) in [6.07, 6.45) is 2.09. The van der Waals surface area contributed by atoms with Crippen LogP contribution in [-0.2, 0) is 16.0 Å². The van der Waals surface area contributed by atoms with Crippen LogP contribution in [-0.4, -0.2) is 33.2 Å². The molecule has 2 aromatic rings. The van der Waals surface area contributed by atoms with Crippen LogP contribution in [0.3, 0.4) is 0 Å². The van der Waals surface area contributed by atoms with Gasteiger partial charge in [-0.3, -0.25) is 0 Å². The summed E-state index contributed by atoms with van der Waals surface area (Å²) < 4.78 is 20.9. The van der Waals surface area contributed by atoms with E-state index >= 15 is 0 Å². The number of aliphatic imine (C=N–C) groups is 1. The van der Waals surface area contributed by atoms with Crippen LogP contribution in [0.4, 0.5) is 0 Å². The van der Waals surface area contributed by atoms with E-state index in [9.17, 15) is 4.79 Å². The zero-order chi connectivity index (χ0) is 18.5. The maximum absolute atomic E-state index is 12.1. The summed E-state index contributed by atoms with van der Waals surface area (Å²) >= 11 is 0. The lowest BCUT2D eigenvalue weighted by Crippen LogP contribution is -2.06. The third kappa shape index (κ3) is 3.85. The molecule has 0 bridgehead atoms. The van der Waals surface area contributed by atoms with E-state index < -0.39 is 5.97 Å². The Bertz CT molecular complexity index is 868. The highest BCUT2D eigenvalue weighted by atomic mass is 16.6. The van der Waals surface area contributed by atoms with Gasteiger partial charge < -0.3 is 18.9 Å². The van der Waals surface area contributed by atoms with Crippen molar-refractivity contribution in [2.45, 2.75) is 6.42 Å². The van der Waals surface area contributed by atoms with Crippen molar-refractivity contribution in [3.8, 4) is 17.2 Å². The van der Waals surface area contributed by atoms with Gasteiger partial charge in [0.15, 0.2) is 17.2 Å². The molecule has 0 amide bonds. The van der Waals surface area contributed by atoms with Gasteiger partial charge in [-0.15, -0.1) is 0 Å². The first kappa shape index (κ1) is 17.5. The van der Waals surface area contributed by atoms with Gasteiger partial charge in [0, 0.05) is 6.42 Å². The molecule has 1 aliphatic rings. The summed E-state index contributed by atoms with van der Waals surface area (Å²) in [4.78, 5) is 16.4. The van der Waals surface area contributed by atoms with Crippen molar-refractivity contribution in [3.05, 3.63) is 59.3 Å². The Balaban J connectivity index is 1.79. The average Bonchev–Trinajstić information content (AvgIpc) is 3.01. The number of hydrogen-bond donors (Lipinski definition) is 0. The smallest absolute Gasteiger partial charge is 0.363 e. The Morgan fingerprint density at radius 3 is 2.35 bits per heavy atom. The monoisotopic (exact) mass is 353 g/mol. The van der Waals surface area contributed by atoms with Crippen molar-refractivity contribution in [2.24, 2.45) is 4.99 Å². The maximum atomic E-state index is 12.1. The number of carbonyl (C=O) groups excluding carboxylic acids is 1. The van der Waals surface area contributed by atoms with Gasteiger partial charge >= 0.3 is 5.97 Å². The fourth-order valence-electron chi connectivity index (χ4n) is 2.55.